The molecule has 1 aliphatic carbocycles. The summed E-state index contributed by atoms with van der Waals surface area (Å²) in [5.41, 5.74) is 1.33. The lowest BCUT2D eigenvalue weighted by Crippen LogP contribution is -2.27. The maximum absolute atomic E-state index is 5.68. The van der Waals surface area contributed by atoms with Gasteiger partial charge in [0.2, 0.25) is 0 Å². The van der Waals surface area contributed by atoms with E-state index in [1.807, 2.05) is 19.9 Å². The Morgan fingerprint density at radius 2 is 1.85 bits per heavy atom. The molecule has 3 heteroatoms. The van der Waals surface area contributed by atoms with Gasteiger partial charge in [-0.3, -0.25) is 0 Å². The number of rotatable bonds is 9. The second kappa shape index (κ2) is 7.53. The van der Waals surface area contributed by atoms with Crippen LogP contribution in [0.2, 0.25) is 0 Å². The van der Waals surface area contributed by atoms with Gasteiger partial charge in [-0.25, -0.2) is 0 Å². The van der Waals surface area contributed by atoms with Gasteiger partial charge in [0.25, 0.3) is 0 Å². The van der Waals surface area contributed by atoms with Crippen molar-refractivity contribution in [3.05, 3.63) is 23.8 Å². The van der Waals surface area contributed by atoms with Gasteiger partial charge < -0.3 is 14.8 Å². The Balaban J connectivity index is 1.98. The SMILES string of the molecule is CCOc1ccc(CCC(NC)C2CC2)cc1OCC. The summed E-state index contributed by atoms with van der Waals surface area (Å²) in [5, 5.41) is 3.45. The van der Waals surface area contributed by atoms with E-state index >= 15 is 0 Å². The molecular weight excluding hydrogens is 250 g/mol. The first-order chi connectivity index (χ1) is 9.78. The second-order valence-corrected chi connectivity index (χ2v) is 5.42. The van der Waals surface area contributed by atoms with Crippen LogP contribution < -0.4 is 14.8 Å². The number of nitrogens with one attached hydrogen (secondary N) is 1. The number of benzene rings is 1. The smallest absolute Gasteiger partial charge is 0.161 e. The summed E-state index contributed by atoms with van der Waals surface area (Å²) in [6.07, 6.45) is 5.06. The Labute approximate surface area is 122 Å². The zero-order valence-corrected chi connectivity index (χ0v) is 12.9. The van der Waals surface area contributed by atoms with Crippen LogP contribution in [-0.4, -0.2) is 26.3 Å². The van der Waals surface area contributed by atoms with Crippen LogP contribution in [0.15, 0.2) is 18.2 Å². The topological polar surface area (TPSA) is 30.5 Å². The number of aryl methyl sites for hydroxylation is 1. The Hall–Kier alpha value is -1.22. The quantitative estimate of drug-likeness (QED) is 0.750. The summed E-state index contributed by atoms with van der Waals surface area (Å²) >= 11 is 0. The zero-order valence-electron chi connectivity index (χ0n) is 12.9. The van der Waals surface area contributed by atoms with Crippen molar-refractivity contribution in [3.63, 3.8) is 0 Å². The van der Waals surface area contributed by atoms with E-state index in [9.17, 15) is 0 Å². The average Bonchev–Trinajstić information content (AvgIpc) is 3.27. The first kappa shape index (κ1) is 15.2. The number of ether oxygens (including phenoxy) is 2. The zero-order chi connectivity index (χ0) is 14.4. The Kier molecular flexibility index (Phi) is 5.72. The Bertz CT molecular complexity index is 415. The highest BCUT2D eigenvalue weighted by Crippen LogP contribution is 2.35. The van der Waals surface area contributed by atoms with E-state index in [-0.39, 0.29) is 0 Å². The lowest BCUT2D eigenvalue weighted by Gasteiger charge is -2.16. The predicted molar refractivity (Wildman–Crippen MR) is 82.7 cm³/mol. The van der Waals surface area contributed by atoms with Crippen LogP contribution in [0, 0.1) is 5.92 Å². The van der Waals surface area contributed by atoms with Crippen LogP contribution in [0.5, 0.6) is 11.5 Å². The summed E-state index contributed by atoms with van der Waals surface area (Å²) in [7, 11) is 2.08. The number of hydrogen-bond donors (Lipinski definition) is 1. The van der Waals surface area contributed by atoms with Crippen molar-refractivity contribution in [2.24, 2.45) is 5.92 Å². The van der Waals surface area contributed by atoms with Gasteiger partial charge in [-0.15, -0.1) is 0 Å². The van der Waals surface area contributed by atoms with Crippen LogP contribution in [0.25, 0.3) is 0 Å². The minimum absolute atomic E-state index is 0.664. The van der Waals surface area contributed by atoms with Gasteiger partial charge in [0.15, 0.2) is 11.5 Å². The molecule has 0 heterocycles. The summed E-state index contributed by atoms with van der Waals surface area (Å²) < 4.78 is 11.3. The highest BCUT2D eigenvalue weighted by molar-refractivity contribution is 5.43. The van der Waals surface area contributed by atoms with Crippen molar-refractivity contribution in [2.75, 3.05) is 20.3 Å². The molecule has 0 bridgehead atoms. The van der Waals surface area contributed by atoms with Crippen molar-refractivity contribution < 1.29 is 9.47 Å². The van der Waals surface area contributed by atoms with Gasteiger partial charge >= 0.3 is 0 Å². The third-order valence-corrected chi connectivity index (χ3v) is 3.91. The average molecular weight is 277 g/mol. The third kappa shape index (κ3) is 4.14. The molecule has 1 unspecified atom stereocenters. The molecule has 112 valence electrons. The van der Waals surface area contributed by atoms with E-state index in [2.05, 4.69) is 24.5 Å². The first-order valence-electron chi connectivity index (χ1n) is 7.84. The van der Waals surface area contributed by atoms with E-state index in [4.69, 9.17) is 9.47 Å². The molecule has 1 fully saturated rings. The highest BCUT2D eigenvalue weighted by Gasteiger charge is 2.29. The molecule has 1 aromatic rings. The summed E-state index contributed by atoms with van der Waals surface area (Å²) in [5.74, 6) is 2.62. The van der Waals surface area contributed by atoms with Crippen molar-refractivity contribution in [2.45, 2.75) is 45.6 Å². The van der Waals surface area contributed by atoms with Crippen LogP contribution in [0.1, 0.15) is 38.7 Å². The molecule has 1 saturated carbocycles. The fourth-order valence-corrected chi connectivity index (χ4v) is 2.69. The maximum atomic E-state index is 5.68. The minimum atomic E-state index is 0.664. The van der Waals surface area contributed by atoms with Crippen LogP contribution in [0.3, 0.4) is 0 Å². The molecule has 0 radical (unpaired) electrons. The first-order valence-corrected chi connectivity index (χ1v) is 7.84. The minimum Gasteiger partial charge on any atom is -0.490 e. The molecule has 0 aliphatic heterocycles. The Morgan fingerprint density at radius 1 is 1.15 bits per heavy atom. The van der Waals surface area contributed by atoms with E-state index in [0.717, 1.165) is 23.8 Å². The van der Waals surface area contributed by atoms with Crippen molar-refractivity contribution in [3.8, 4) is 11.5 Å². The van der Waals surface area contributed by atoms with Gasteiger partial charge in [-0.2, -0.15) is 0 Å². The molecule has 0 amide bonds. The second-order valence-electron chi connectivity index (χ2n) is 5.42. The van der Waals surface area contributed by atoms with Crippen LogP contribution >= 0.6 is 0 Å². The molecule has 3 nitrogen and oxygen atoms in total. The van der Waals surface area contributed by atoms with Gasteiger partial charge in [0.1, 0.15) is 0 Å². The van der Waals surface area contributed by atoms with Gasteiger partial charge in [-0.05, 0) is 70.2 Å². The normalized spacial score (nSPS) is 15.9. The van der Waals surface area contributed by atoms with Gasteiger partial charge in [0.05, 0.1) is 13.2 Å². The summed E-state index contributed by atoms with van der Waals surface area (Å²) in [6, 6.07) is 6.99. The van der Waals surface area contributed by atoms with Crippen LogP contribution in [0.4, 0.5) is 0 Å². The fraction of sp³-hybridized carbons (Fsp3) is 0.647. The Morgan fingerprint density at radius 3 is 2.45 bits per heavy atom. The molecule has 1 N–H and O–H groups in total. The van der Waals surface area contributed by atoms with Crippen molar-refractivity contribution in [1.82, 2.24) is 5.32 Å². The molecule has 0 aromatic heterocycles. The molecule has 0 saturated heterocycles. The highest BCUT2D eigenvalue weighted by atomic mass is 16.5. The van der Waals surface area contributed by atoms with Crippen LogP contribution in [-0.2, 0) is 6.42 Å². The molecule has 1 atom stereocenters. The van der Waals surface area contributed by atoms with E-state index in [1.165, 1.54) is 24.8 Å². The van der Waals surface area contributed by atoms with E-state index in [1.54, 1.807) is 0 Å². The van der Waals surface area contributed by atoms with Gasteiger partial charge in [-0.1, -0.05) is 6.07 Å². The molecule has 2 rings (SSSR count). The van der Waals surface area contributed by atoms with E-state index in [0.29, 0.717) is 19.3 Å². The van der Waals surface area contributed by atoms with E-state index < -0.39 is 0 Å². The van der Waals surface area contributed by atoms with Crippen molar-refractivity contribution >= 4 is 0 Å². The van der Waals surface area contributed by atoms with Crippen molar-refractivity contribution in [1.29, 1.82) is 0 Å². The maximum Gasteiger partial charge on any atom is 0.161 e. The lowest BCUT2D eigenvalue weighted by molar-refractivity contribution is 0.287. The lowest BCUT2D eigenvalue weighted by atomic mass is 10.0. The molecule has 20 heavy (non-hydrogen) atoms. The standard InChI is InChI=1S/C17H27NO2/c1-4-19-16-11-7-13(12-17(16)20-5-2)6-10-15(18-3)14-8-9-14/h7,11-12,14-15,18H,4-6,8-10H2,1-3H3. The van der Waals surface area contributed by atoms with Gasteiger partial charge in [0, 0.05) is 6.04 Å². The number of hydrogen-bond acceptors (Lipinski definition) is 3. The molecule has 1 aliphatic rings. The predicted octanol–water partition coefficient (Wildman–Crippen LogP) is 3.41. The summed E-state index contributed by atoms with van der Waals surface area (Å²) in [6.45, 7) is 5.34. The largest absolute Gasteiger partial charge is 0.490 e. The fourth-order valence-electron chi connectivity index (χ4n) is 2.69. The molecular formula is C17H27NO2. The molecule has 0 spiro atoms. The monoisotopic (exact) mass is 277 g/mol. The molecule has 1 aromatic carbocycles. The summed E-state index contributed by atoms with van der Waals surface area (Å²) in [4.78, 5) is 0. The third-order valence-electron chi connectivity index (χ3n) is 3.91.